The third-order valence-corrected chi connectivity index (χ3v) is 6.01. The molecule has 0 atom stereocenters. The molecular formula is C21H26N8O3S. The van der Waals surface area contributed by atoms with Crippen LogP contribution in [0.3, 0.4) is 0 Å². The van der Waals surface area contributed by atoms with E-state index in [1.807, 2.05) is 30.3 Å². The maximum absolute atomic E-state index is 5.74. The van der Waals surface area contributed by atoms with Gasteiger partial charge in [-0.2, -0.15) is 19.6 Å². The second-order valence-electron chi connectivity index (χ2n) is 7.42. The van der Waals surface area contributed by atoms with Crippen LogP contribution in [0.1, 0.15) is 0 Å². The average molecular weight is 471 g/mol. The Morgan fingerprint density at radius 2 is 1.42 bits per heavy atom. The van der Waals surface area contributed by atoms with Crippen LogP contribution in [0.5, 0.6) is 5.75 Å². The third-order valence-electron chi connectivity index (χ3n) is 5.19. The van der Waals surface area contributed by atoms with Crippen LogP contribution in [0.25, 0.3) is 5.95 Å². The Balaban J connectivity index is 1.29. The van der Waals surface area contributed by atoms with Crippen LogP contribution in [-0.4, -0.2) is 94.7 Å². The quantitative estimate of drug-likeness (QED) is 0.351. The summed E-state index contributed by atoms with van der Waals surface area (Å²) < 4.78 is 18.3. The minimum atomic E-state index is 0.452. The molecule has 0 saturated carbocycles. The summed E-state index contributed by atoms with van der Waals surface area (Å²) in [7, 11) is 0. The van der Waals surface area contributed by atoms with E-state index in [9.17, 15) is 0 Å². The number of ether oxygens (including phenoxy) is 3. The molecule has 0 radical (unpaired) electrons. The van der Waals surface area contributed by atoms with Crippen molar-refractivity contribution in [3.05, 3.63) is 36.7 Å². The van der Waals surface area contributed by atoms with Crippen molar-refractivity contribution in [3.8, 4) is 11.7 Å². The number of anilines is 2. The molecular weight excluding hydrogens is 444 g/mol. The molecule has 0 amide bonds. The summed E-state index contributed by atoms with van der Waals surface area (Å²) in [6, 6.07) is 9.76. The minimum Gasteiger partial charge on any atom is -0.493 e. The highest BCUT2D eigenvalue weighted by atomic mass is 32.2. The van der Waals surface area contributed by atoms with Gasteiger partial charge >= 0.3 is 0 Å². The Morgan fingerprint density at radius 1 is 0.818 bits per heavy atom. The third kappa shape index (κ3) is 5.70. The Labute approximate surface area is 196 Å². The van der Waals surface area contributed by atoms with Gasteiger partial charge in [0.25, 0.3) is 5.95 Å². The highest BCUT2D eigenvalue weighted by molar-refractivity contribution is 7.99. The van der Waals surface area contributed by atoms with Crippen molar-refractivity contribution in [1.29, 1.82) is 0 Å². The Bertz CT molecular complexity index is 989. The zero-order valence-corrected chi connectivity index (χ0v) is 19.1. The number of para-hydroxylation sites is 1. The smallest absolute Gasteiger partial charge is 0.258 e. The van der Waals surface area contributed by atoms with E-state index < -0.39 is 0 Å². The molecule has 4 heterocycles. The lowest BCUT2D eigenvalue weighted by atomic mass is 10.3. The van der Waals surface area contributed by atoms with Crippen LogP contribution in [0.15, 0.2) is 41.8 Å². The first-order valence-electron chi connectivity index (χ1n) is 11.0. The van der Waals surface area contributed by atoms with E-state index in [1.165, 1.54) is 11.8 Å². The molecule has 0 bridgehead atoms. The Morgan fingerprint density at radius 3 is 2.06 bits per heavy atom. The van der Waals surface area contributed by atoms with Crippen molar-refractivity contribution in [1.82, 2.24) is 29.7 Å². The lowest BCUT2D eigenvalue weighted by molar-refractivity contribution is 0.121. The van der Waals surface area contributed by atoms with E-state index in [-0.39, 0.29) is 0 Å². The van der Waals surface area contributed by atoms with Gasteiger partial charge in [0.2, 0.25) is 17.1 Å². The van der Waals surface area contributed by atoms with Gasteiger partial charge in [0.15, 0.2) is 0 Å². The van der Waals surface area contributed by atoms with Gasteiger partial charge in [0.1, 0.15) is 12.1 Å². The molecule has 2 aliphatic heterocycles. The monoisotopic (exact) mass is 470 g/mol. The van der Waals surface area contributed by atoms with Crippen molar-refractivity contribution in [2.24, 2.45) is 0 Å². The van der Waals surface area contributed by atoms with Gasteiger partial charge in [-0.1, -0.05) is 30.0 Å². The molecule has 3 aromatic rings. The van der Waals surface area contributed by atoms with Gasteiger partial charge in [0.05, 0.1) is 33.0 Å². The normalized spacial score (nSPS) is 16.7. The topological polar surface area (TPSA) is 104 Å². The number of aromatic nitrogens is 6. The number of nitrogens with zero attached hydrogens (tertiary/aromatic N) is 8. The van der Waals surface area contributed by atoms with E-state index in [0.717, 1.165) is 37.7 Å². The molecule has 2 saturated heterocycles. The van der Waals surface area contributed by atoms with Crippen LogP contribution < -0.4 is 14.5 Å². The highest BCUT2D eigenvalue weighted by Gasteiger charge is 2.21. The number of morpholine rings is 2. The van der Waals surface area contributed by atoms with Crippen molar-refractivity contribution >= 4 is 23.7 Å². The van der Waals surface area contributed by atoms with E-state index >= 15 is 0 Å². The van der Waals surface area contributed by atoms with E-state index in [2.05, 4.69) is 29.9 Å². The first-order valence-corrected chi connectivity index (χ1v) is 12.0. The summed E-state index contributed by atoms with van der Waals surface area (Å²) >= 11 is 1.53. The SMILES string of the molecule is c1ccc(OCCSc2ncn(-c3nc(N4CCOCC4)nc(N4CCOCC4)n3)n2)cc1. The highest BCUT2D eigenvalue weighted by Crippen LogP contribution is 2.19. The summed E-state index contributed by atoms with van der Waals surface area (Å²) in [6.07, 6.45) is 1.64. The number of hydrogen-bond acceptors (Lipinski definition) is 11. The molecule has 11 nitrogen and oxygen atoms in total. The Kier molecular flexibility index (Phi) is 7.14. The molecule has 0 aliphatic carbocycles. The standard InChI is InChI=1S/C21H26N8O3S/c1-2-4-17(5-3-1)32-14-15-33-21-22-16-29(26-21)20-24-18(27-6-10-30-11-7-27)23-19(25-20)28-8-12-31-13-9-28/h1-5,16H,6-15H2. The summed E-state index contributed by atoms with van der Waals surface area (Å²) in [4.78, 5) is 22.8. The van der Waals surface area contributed by atoms with Crippen LogP contribution in [0.2, 0.25) is 0 Å². The molecule has 0 unspecified atom stereocenters. The fourth-order valence-electron chi connectivity index (χ4n) is 3.47. The lowest BCUT2D eigenvalue weighted by Gasteiger charge is -2.30. The van der Waals surface area contributed by atoms with Crippen molar-refractivity contribution < 1.29 is 14.2 Å². The first kappa shape index (κ1) is 21.9. The van der Waals surface area contributed by atoms with Gasteiger partial charge < -0.3 is 24.0 Å². The molecule has 1 aromatic carbocycles. The average Bonchev–Trinajstić information content (AvgIpc) is 3.37. The summed E-state index contributed by atoms with van der Waals surface area (Å²) in [6.45, 7) is 6.16. The second-order valence-corrected chi connectivity index (χ2v) is 8.48. The molecule has 0 N–H and O–H groups in total. The largest absolute Gasteiger partial charge is 0.493 e. The van der Waals surface area contributed by atoms with Gasteiger partial charge in [0, 0.05) is 31.9 Å². The van der Waals surface area contributed by atoms with E-state index in [0.29, 0.717) is 56.0 Å². The zero-order valence-electron chi connectivity index (χ0n) is 18.2. The van der Waals surface area contributed by atoms with Crippen molar-refractivity contribution in [2.75, 3.05) is 74.8 Å². The molecule has 33 heavy (non-hydrogen) atoms. The summed E-state index contributed by atoms with van der Waals surface area (Å²) in [5.74, 6) is 3.30. The van der Waals surface area contributed by atoms with Crippen molar-refractivity contribution in [3.63, 3.8) is 0 Å². The van der Waals surface area contributed by atoms with Gasteiger partial charge in [-0.15, -0.1) is 5.10 Å². The predicted molar refractivity (Wildman–Crippen MR) is 123 cm³/mol. The summed E-state index contributed by atoms with van der Waals surface area (Å²) in [5, 5.41) is 5.22. The Hall–Kier alpha value is -2.96. The van der Waals surface area contributed by atoms with Crippen LogP contribution in [0, 0.1) is 0 Å². The van der Waals surface area contributed by atoms with Crippen LogP contribution >= 0.6 is 11.8 Å². The molecule has 2 fully saturated rings. The number of rotatable bonds is 8. The van der Waals surface area contributed by atoms with E-state index in [4.69, 9.17) is 19.2 Å². The number of hydrogen-bond donors (Lipinski definition) is 0. The number of thioether (sulfide) groups is 1. The van der Waals surface area contributed by atoms with Crippen LogP contribution in [-0.2, 0) is 9.47 Å². The molecule has 2 aliphatic rings. The van der Waals surface area contributed by atoms with Gasteiger partial charge in [-0.25, -0.2) is 4.98 Å². The molecule has 5 rings (SSSR count). The maximum Gasteiger partial charge on any atom is 0.258 e. The molecule has 174 valence electrons. The molecule has 2 aromatic heterocycles. The summed E-state index contributed by atoms with van der Waals surface area (Å²) in [5.41, 5.74) is 0. The van der Waals surface area contributed by atoms with Gasteiger partial charge in [-0.05, 0) is 12.1 Å². The van der Waals surface area contributed by atoms with Crippen LogP contribution in [0.4, 0.5) is 11.9 Å². The fraction of sp³-hybridized carbons (Fsp3) is 0.476. The number of benzene rings is 1. The minimum absolute atomic E-state index is 0.452. The first-order chi connectivity index (χ1) is 16.3. The van der Waals surface area contributed by atoms with Gasteiger partial charge in [-0.3, -0.25) is 0 Å². The maximum atomic E-state index is 5.74. The molecule has 0 spiro atoms. The van der Waals surface area contributed by atoms with Crippen molar-refractivity contribution in [2.45, 2.75) is 5.16 Å². The second kappa shape index (κ2) is 10.8. The lowest BCUT2D eigenvalue weighted by Crippen LogP contribution is -2.40. The van der Waals surface area contributed by atoms with E-state index in [1.54, 1.807) is 11.0 Å². The fourth-order valence-corrected chi connectivity index (χ4v) is 4.09. The zero-order chi connectivity index (χ0) is 22.3. The molecule has 12 heteroatoms. The predicted octanol–water partition coefficient (Wildman–Crippen LogP) is 1.30.